The molecule has 6 nitrogen and oxygen atoms in total. The van der Waals surface area contributed by atoms with Gasteiger partial charge in [0, 0.05) is 30.6 Å². The number of piperidine rings is 1. The average Bonchev–Trinajstić information content (AvgIpc) is 3.09. The monoisotopic (exact) mass is 353 g/mol. The van der Waals surface area contributed by atoms with Crippen molar-refractivity contribution >= 4 is 23.2 Å². The van der Waals surface area contributed by atoms with Gasteiger partial charge in [0.05, 0.1) is 16.8 Å². The van der Waals surface area contributed by atoms with E-state index in [0.717, 1.165) is 48.1 Å². The number of nitrogens with zero attached hydrogens (tertiary/aromatic N) is 3. The average molecular weight is 353 g/mol. The van der Waals surface area contributed by atoms with Gasteiger partial charge in [0.2, 0.25) is 0 Å². The molecule has 1 aromatic carbocycles. The Kier molecular flexibility index (Phi) is 5.54. The van der Waals surface area contributed by atoms with Crippen molar-refractivity contribution in [3.63, 3.8) is 0 Å². The van der Waals surface area contributed by atoms with Crippen LogP contribution < -0.4 is 5.32 Å². The summed E-state index contributed by atoms with van der Waals surface area (Å²) in [5, 5.41) is 22.6. The number of benzene rings is 1. The van der Waals surface area contributed by atoms with E-state index >= 15 is 0 Å². The van der Waals surface area contributed by atoms with Crippen LogP contribution >= 0.6 is 0 Å². The fraction of sp³-hybridized carbons (Fsp3) is 0.400. The van der Waals surface area contributed by atoms with E-state index < -0.39 is 5.60 Å². The fourth-order valence-electron chi connectivity index (χ4n) is 3.24. The second kappa shape index (κ2) is 7.85. The molecular weight excluding hydrogens is 326 g/mol. The van der Waals surface area contributed by atoms with Crippen molar-refractivity contribution in [1.82, 2.24) is 20.4 Å². The number of H-pyrrole nitrogens is 1. The van der Waals surface area contributed by atoms with Gasteiger partial charge in [-0.25, -0.2) is 4.99 Å². The highest BCUT2D eigenvalue weighted by atomic mass is 16.3. The van der Waals surface area contributed by atoms with Crippen molar-refractivity contribution in [3.05, 3.63) is 47.9 Å². The van der Waals surface area contributed by atoms with E-state index in [1.165, 1.54) is 0 Å². The van der Waals surface area contributed by atoms with Gasteiger partial charge >= 0.3 is 0 Å². The summed E-state index contributed by atoms with van der Waals surface area (Å²) in [5.74, 6) is 0.637. The normalized spacial score (nSPS) is 18.9. The smallest absolute Gasteiger partial charge is 0.125 e. The van der Waals surface area contributed by atoms with Crippen LogP contribution in [-0.4, -0.2) is 59.2 Å². The van der Waals surface area contributed by atoms with Crippen LogP contribution in [0.5, 0.6) is 0 Å². The number of fused-ring (bicyclic) bond motifs is 1. The Hall–Kier alpha value is -2.44. The lowest BCUT2D eigenvalue weighted by Crippen LogP contribution is -2.48. The summed E-state index contributed by atoms with van der Waals surface area (Å²) in [6.45, 7) is 7.90. The third-order valence-corrected chi connectivity index (χ3v) is 5.03. The molecule has 6 heteroatoms. The number of hydrogen-bond acceptors (Lipinski definition) is 5. The van der Waals surface area contributed by atoms with Gasteiger partial charge in [-0.2, -0.15) is 5.10 Å². The molecule has 0 unspecified atom stereocenters. The zero-order valence-electron chi connectivity index (χ0n) is 15.5. The van der Waals surface area contributed by atoms with E-state index in [1.807, 2.05) is 43.3 Å². The molecule has 26 heavy (non-hydrogen) atoms. The van der Waals surface area contributed by atoms with Crippen LogP contribution in [0.4, 0.5) is 0 Å². The van der Waals surface area contributed by atoms with Crippen molar-refractivity contribution in [2.75, 3.05) is 26.7 Å². The summed E-state index contributed by atoms with van der Waals surface area (Å²) in [5.41, 5.74) is 2.12. The third kappa shape index (κ3) is 4.03. The first kappa shape index (κ1) is 18.4. The Bertz CT molecular complexity index is 828. The molecule has 1 aliphatic rings. The Morgan fingerprint density at radius 1 is 1.42 bits per heavy atom. The zero-order chi connectivity index (χ0) is 18.6. The van der Waals surface area contributed by atoms with Crippen LogP contribution in [0.1, 0.15) is 25.5 Å². The van der Waals surface area contributed by atoms with Crippen molar-refractivity contribution < 1.29 is 5.11 Å². The molecule has 0 atom stereocenters. The van der Waals surface area contributed by atoms with E-state index in [9.17, 15) is 5.11 Å². The number of rotatable bonds is 6. The maximum Gasteiger partial charge on any atom is 0.125 e. The number of aliphatic hydroxyl groups is 1. The Morgan fingerprint density at radius 2 is 2.15 bits per heavy atom. The predicted octanol–water partition coefficient (Wildman–Crippen LogP) is 2.55. The van der Waals surface area contributed by atoms with Gasteiger partial charge in [-0.05, 0) is 45.7 Å². The van der Waals surface area contributed by atoms with Gasteiger partial charge in [-0.1, -0.05) is 24.3 Å². The van der Waals surface area contributed by atoms with Crippen LogP contribution in [-0.2, 0) is 0 Å². The molecule has 3 rings (SSSR count). The molecule has 0 bridgehead atoms. The van der Waals surface area contributed by atoms with Crippen LogP contribution in [0.25, 0.3) is 16.5 Å². The van der Waals surface area contributed by atoms with Gasteiger partial charge in [0.25, 0.3) is 0 Å². The minimum atomic E-state index is -0.703. The molecule has 3 N–H and O–H groups in total. The van der Waals surface area contributed by atoms with E-state index in [-0.39, 0.29) is 0 Å². The number of para-hydroxylation sites is 1. The molecule has 0 saturated carbocycles. The highest BCUT2D eigenvalue weighted by Gasteiger charge is 2.31. The molecule has 0 aliphatic carbocycles. The first-order valence-electron chi connectivity index (χ1n) is 8.98. The van der Waals surface area contributed by atoms with E-state index in [0.29, 0.717) is 12.4 Å². The van der Waals surface area contributed by atoms with Gasteiger partial charge in [0.1, 0.15) is 5.82 Å². The second-order valence-electron chi connectivity index (χ2n) is 6.93. The quantitative estimate of drug-likeness (QED) is 0.551. The van der Waals surface area contributed by atoms with Crippen molar-refractivity contribution in [1.29, 1.82) is 0 Å². The second-order valence-corrected chi connectivity index (χ2v) is 6.93. The van der Waals surface area contributed by atoms with Crippen LogP contribution in [0, 0.1) is 0 Å². The number of aromatic amines is 1. The highest BCUT2D eigenvalue weighted by molar-refractivity contribution is 5.92. The van der Waals surface area contributed by atoms with Crippen LogP contribution in [0.3, 0.4) is 0 Å². The van der Waals surface area contributed by atoms with E-state index in [1.54, 1.807) is 0 Å². The summed E-state index contributed by atoms with van der Waals surface area (Å²) < 4.78 is 0. The first-order chi connectivity index (χ1) is 12.5. The maximum absolute atomic E-state index is 10.7. The van der Waals surface area contributed by atoms with Gasteiger partial charge in [0.15, 0.2) is 0 Å². The molecule has 1 aromatic heterocycles. The third-order valence-electron chi connectivity index (χ3n) is 5.03. The van der Waals surface area contributed by atoms with Gasteiger partial charge < -0.3 is 15.3 Å². The van der Waals surface area contributed by atoms with Gasteiger partial charge in [-0.15, -0.1) is 0 Å². The Balaban J connectivity index is 1.76. The minimum absolute atomic E-state index is 0.462. The summed E-state index contributed by atoms with van der Waals surface area (Å²) >= 11 is 0. The SMILES string of the molecule is C=N/C(=C\C(=C/C)c1n[nH]c2ccccc12)NCC1(O)CCN(C)CC1. The number of allylic oxidation sites excluding steroid dienone is 3. The first-order valence-corrected chi connectivity index (χ1v) is 8.98. The molecule has 1 aliphatic heterocycles. The predicted molar refractivity (Wildman–Crippen MR) is 107 cm³/mol. The van der Waals surface area contributed by atoms with E-state index in [4.69, 9.17) is 0 Å². The highest BCUT2D eigenvalue weighted by Crippen LogP contribution is 2.25. The summed E-state index contributed by atoms with van der Waals surface area (Å²) in [6, 6.07) is 8.03. The lowest BCUT2D eigenvalue weighted by atomic mass is 9.91. The molecule has 138 valence electrons. The molecule has 0 radical (unpaired) electrons. The Morgan fingerprint density at radius 3 is 2.85 bits per heavy atom. The molecular formula is C20H27N5O. The fourth-order valence-corrected chi connectivity index (χ4v) is 3.24. The number of aliphatic imine (C=N–C) groups is 1. The molecule has 2 aromatic rings. The molecule has 1 fully saturated rings. The summed E-state index contributed by atoms with van der Waals surface area (Å²) in [7, 11) is 2.08. The van der Waals surface area contributed by atoms with Crippen LogP contribution in [0.2, 0.25) is 0 Å². The Labute approximate surface area is 154 Å². The number of hydrogen-bond donors (Lipinski definition) is 3. The number of aromatic nitrogens is 2. The minimum Gasteiger partial charge on any atom is -0.388 e. The largest absolute Gasteiger partial charge is 0.388 e. The van der Waals surface area contributed by atoms with Crippen molar-refractivity contribution in [2.45, 2.75) is 25.4 Å². The van der Waals surface area contributed by atoms with Crippen molar-refractivity contribution in [2.24, 2.45) is 4.99 Å². The van der Waals surface area contributed by atoms with Crippen molar-refractivity contribution in [3.8, 4) is 0 Å². The lowest BCUT2D eigenvalue weighted by Gasteiger charge is -2.36. The molecule has 0 spiro atoms. The standard InChI is InChI=1S/C20H27N5O/c1-4-15(19-16-7-5-6-8-17(16)23-24-19)13-18(21-2)22-14-20(26)9-11-25(3)12-10-20/h4-8,13,22,26H,2,9-12,14H2,1,3H3,(H,23,24)/b15-4+,18-13+. The van der Waals surface area contributed by atoms with Crippen LogP contribution in [0.15, 0.2) is 47.2 Å². The lowest BCUT2D eigenvalue weighted by molar-refractivity contribution is -0.0126. The molecule has 1 saturated heterocycles. The topological polar surface area (TPSA) is 76.5 Å². The summed E-state index contributed by atoms with van der Waals surface area (Å²) in [6.07, 6.45) is 5.43. The van der Waals surface area contributed by atoms with Gasteiger partial charge in [-0.3, -0.25) is 5.10 Å². The summed E-state index contributed by atoms with van der Waals surface area (Å²) in [4.78, 5) is 6.33. The van der Waals surface area contributed by atoms with E-state index in [2.05, 4.69) is 39.2 Å². The molecule has 2 heterocycles. The molecule has 0 amide bonds. The number of nitrogens with one attached hydrogen (secondary N) is 2. The maximum atomic E-state index is 10.7. The zero-order valence-corrected chi connectivity index (χ0v) is 15.5. The number of likely N-dealkylation sites (tertiary alicyclic amines) is 1.